The van der Waals surface area contributed by atoms with Crippen molar-refractivity contribution in [2.45, 2.75) is 19.6 Å². The number of thiol groups is 1. The van der Waals surface area contributed by atoms with Crippen molar-refractivity contribution in [2.75, 3.05) is 0 Å². The normalized spacial score (nSPS) is 12.5. The molecule has 0 amide bonds. The van der Waals surface area contributed by atoms with Gasteiger partial charge in [-0.25, -0.2) is 0 Å². The molecular formula is C25H21NS. The molecule has 1 nitrogen and oxygen atoms in total. The van der Waals surface area contributed by atoms with Gasteiger partial charge in [-0.05, 0) is 68.1 Å². The smallest absolute Gasteiger partial charge is 0.111 e. The quantitative estimate of drug-likeness (QED) is 0.312. The van der Waals surface area contributed by atoms with Gasteiger partial charge < -0.3 is 0 Å². The topological polar surface area (TPSA) is 23.8 Å². The second-order valence-corrected chi connectivity index (χ2v) is 11.1. The number of nitrogens with zero attached hydrogens (tertiary/aromatic N) is 1. The van der Waals surface area contributed by atoms with E-state index in [2.05, 4.69) is 53.9 Å². The maximum absolute atomic E-state index is 11.0. The highest BCUT2D eigenvalue weighted by atomic mass is 32.3. The maximum Gasteiger partial charge on any atom is 0.111 e. The van der Waals surface area contributed by atoms with Crippen molar-refractivity contribution in [1.29, 1.82) is 5.26 Å². The summed E-state index contributed by atoms with van der Waals surface area (Å²) in [7, 11) is -3.54. The molecule has 4 rings (SSSR count). The van der Waals surface area contributed by atoms with Gasteiger partial charge in [-0.3, -0.25) is 0 Å². The summed E-state index contributed by atoms with van der Waals surface area (Å²) < 4.78 is 0. The minimum absolute atomic E-state index is 1.06. The third kappa shape index (κ3) is 2.33. The van der Waals surface area contributed by atoms with Gasteiger partial charge in [0.25, 0.3) is 0 Å². The van der Waals surface area contributed by atoms with Crippen molar-refractivity contribution >= 4 is 9.16 Å². The van der Waals surface area contributed by atoms with Crippen LogP contribution in [0.1, 0.15) is 0 Å². The molecule has 0 spiro atoms. The van der Waals surface area contributed by atoms with Gasteiger partial charge in [0.15, 0.2) is 0 Å². The van der Waals surface area contributed by atoms with Crippen LogP contribution in [0.5, 0.6) is 0 Å². The maximum atomic E-state index is 11.0. The summed E-state index contributed by atoms with van der Waals surface area (Å²) in [5.74, 6) is 0. The van der Waals surface area contributed by atoms with E-state index < -0.39 is 9.16 Å². The van der Waals surface area contributed by atoms with Crippen LogP contribution in [0.15, 0.2) is 141 Å². The third-order valence-electron chi connectivity index (χ3n) is 5.29. The minimum Gasteiger partial charge on any atom is -0.187 e. The Balaban J connectivity index is 2.30. The molecule has 4 aromatic carbocycles. The second-order valence-electron chi connectivity index (χ2n) is 6.56. The molecule has 0 atom stereocenters. The molecule has 0 saturated heterocycles. The zero-order chi connectivity index (χ0) is 18.6. The Labute approximate surface area is 160 Å². The second kappa shape index (κ2) is 6.79. The van der Waals surface area contributed by atoms with E-state index in [-0.39, 0.29) is 0 Å². The molecule has 0 aliphatic carbocycles. The molecule has 0 bridgehead atoms. The van der Waals surface area contributed by atoms with Crippen LogP contribution in [0.2, 0.25) is 0 Å². The molecule has 0 N–H and O–H groups in total. The first kappa shape index (κ1) is 17.1. The lowest BCUT2D eigenvalue weighted by atomic mass is 10.3. The lowest BCUT2D eigenvalue weighted by molar-refractivity contribution is 1.21. The monoisotopic (exact) mass is 367 g/mol. The van der Waals surface area contributed by atoms with Crippen LogP contribution in [0.4, 0.5) is 0 Å². The van der Waals surface area contributed by atoms with Crippen LogP contribution in [0.25, 0.3) is 0 Å². The summed E-state index contributed by atoms with van der Waals surface area (Å²) in [5.41, 5.74) is 0. The highest BCUT2D eigenvalue weighted by Crippen LogP contribution is 2.89. The fourth-order valence-electron chi connectivity index (χ4n) is 4.03. The number of hydrogen-bond donors (Lipinski definition) is 1. The van der Waals surface area contributed by atoms with Crippen LogP contribution in [0.3, 0.4) is 0 Å². The zero-order valence-electron chi connectivity index (χ0n) is 14.9. The molecule has 0 saturated carbocycles. The summed E-state index contributed by atoms with van der Waals surface area (Å²) in [6.07, 6.45) is 0. The molecule has 132 valence electrons. The predicted octanol–water partition coefficient (Wildman–Crippen LogP) is 6.78. The SMILES string of the molecule is N#C[SH](c1ccccc1)(c1ccccc1)(c1ccccc1)c1ccccc1. The first-order chi connectivity index (χ1) is 13.3. The Kier molecular flexibility index (Phi) is 4.32. The van der Waals surface area contributed by atoms with Gasteiger partial charge >= 0.3 is 0 Å². The highest BCUT2D eigenvalue weighted by molar-refractivity contribution is 8.53. The van der Waals surface area contributed by atoms with Crippen LogP contribution in [-0.4, -0.2) is 0 Å². The molecular weight excluding hydrogens is 346 g/mol. The Morgan fingerprint density at radius 3 is 0.815 bits per heavy atom. The van der Waals surface area contributed by atoms with Gasteiger partial charge in [-0.15, -0.1) is 9.16 Å². The van der Waals surface area contributed by atoms with Crippen molar-refractivity contribution in [2.24, 2.45) is 0 Å². The molecule has 0 aromatic heterocycles. The lowest BCUT2D eigenvalue weighted by Crippen LogP contribution is -2.19. The predicted molar refractivity (Wildman–Crippen MR) is 113 cm³/mol. The van der Waals surface area contributed by atoms with E-state index in [1.807, 2.05) is 72.8 Å². The Morgan fingerprint density at radius 1 is 0.407 bits per heavy atom. The van der Waals surface area contributed by atoms with E-state index in [4.69, 9.17) is 0 Å². The molecule has 0 fully saturated rings. The summed E-state index contributed by atoms with van der Waals surface area (Å²) in [6.45, 7) is 0. The molecule has 0 heterocycles. The molecule has 0 unspecified atom stereocenters. The molecule has 4 aromatic rings. The zero-order valence-corrected chi connectivity index (χ0v) is 15.8. The first-order valence-electron chi connectivity index (χ1n) is 8.98. The van der Waals surface area contributed by atoms with Crippen LogP contribution in [0, 0.1) is 10.7 Å². The van der Waals surface area contributed by atoms with Crippen molar-refractivity contribution in [3.63, 3.8) is 0 Å². The Morgan fingerprint density at radius 2 is 0.630 bits per heavy atom. The number of benzene rings is 4. The van der Waals surface area contributed by atoms with Crippen molar-refractivity contribution < 1.29 is 0 Å². The summed E-state index contributed by atoms with van der Waals surface area (Å²) in [6, 6.07) is 41.1. The molecule has 27 heavy (non-hydrogen) atoms. The number of rotatable bonds is 4. The summed E-state index contributed by atoms with van der Waals surface area (Å²) in [5, 5.41) is 14.0. The third-order valence-corrected chi connectivity index (χ3v) is 11.0. The minimum atomic E-state index is -3.54. The fraction of sp³-hybridized carbons (Fsp3) is 0. The largest absolute Gasteiger partial charge is 0.187 e. The summed E-state index contributed by atoms with van der Waals surface area (Å²) in [4.78, 5) is 4.26. The van der Waals surface area contributed by atoms with Crippen LogP contribution in [-0.2, 0) is 0 Å². The van der Waals surface area contributed by atoms with E-state index in [0.29, 0.717) is 0 Å². The van der Waals surface area contributed by atoms with Gasteiger partial charge in [0.1, 0.15) is 5.40 Å². The molecule has 0 radical (unpaired) electrons. The number of thiocyanates is 1. The van der Waals surface area contributed by atoms with Crippen molar-refractivity contribution in [3.05, 3.63) is 121 Å². The summed E-state index contributed by atoms with van der Waals surface area (Å²) >= 11 is 0. The number of hydrogen-bond acceptors (Lipinski definition) is 1. The van der Waals surface area contributed by atoms with Crippen LogP contribution < -0.4 is 0 Å². The number of nitriles is 1. The van der Waals surface area contributed by atoms with Crippen LogP contribution >= 0.6 is 9.16 Å². The van der Waals surface area contributed by atoms with Gasteiger partial charge in [0.2, 0.25) is 0 Å². The Bertz CT molecular complexity index is 899. The average molecular weight is 368 g/mol. The van der Waals surface area contributed by atoms with Gasteiger partial charge in [-0.1, -0.05) is 72.8 Å². The highest BCUT2D eigenvalue weighted by Gasteiger charge is 2.48. The van der Waals surface area contributed by atoms with Gasteiger partial charge in [0.05, 0.1) is 0 Å². The molecule has 0 aliphatic rings. The Hall–Kier alpha value is -3.28. The van der Waals surface area contributed by atoms with E-state index in [1.165, 1.54) is 0 Å². The van der Waals surface area contributed by atoms with Crippen molar-refractivity contribution in [1.82, 2.24) is 0 Å². The molecule has 2 heteroatoms. The average Bonchev–Trinajstić information content (AvgIpc) is 2.78. The first-order valence-corrected chi connectivity index (χ1v) is 11.2. The van der Waals surface area contributed by atoms with Gasteiger partial charge in [-0.2, -0.15) is 5.26 Å². The van der Waals surface area contributed by atoms with E-state index >= 15 is 0 Å². The van der Waals surface area contributed by atoms with Gasteiger partial charge in [0, 0.05) is 0 Å². The lowest BCUT2D eigenvalue weighted by Gasteiger charge is -2.57. The van der Waals surface area contributed by atoms with Crippen molar-refractivity contribution in [3.8, 4) is 5.40 Å². The molecule has 0 aliphatic heterocycles. The van der Waals surface area contributed by atoms with E-state index in [9.17, 15) is 5.26 Å². The van der Waals surface area contributed by atoms with E-state index in [0.717, 1.165) is 19.6 Å². The van der Waals surface area contributed by atoms with E-state index in [1.54, 1.807) is 0 Å². The standard InChI is InChI=1S/C25H21NS/c26-21-27(22-13-5-1-6-14-22,23-15-7-2-8-16-23,24-17-9-3-10-18-24)25-19-11-4-12-20-25/h1-20,27H. The fourth-order valence-corrected chi connectivity index (χ4v) is 9.35.